The molecule has 3 rings (SSSR count). The van der Waals surface area contributed by atoms with Gasteiger partial charge in [0.25, 0.3) is 0 Å². The fourth-order valence-corrected chi connectivity index (χ4v) is 5.47. The molecule has 0 bridgehead atoms. The van der Waals surface area contributed by atoms with Crippen LogP contribution in [0.3, 0.4) is 0 Å². The molecule has 1 aromatic heterocycles. The molecule has 0 spiro atoms. The first kappa shape index (κ1) is 20.5. The number of nitrogens with zero attached hydrogens (tertiary/aromatic N) is 3. The van der Waals surface area contributed by atoms with E-state index in [2.05, 4.69) is 5.10 Å². The molecule has 2 N–H and O–H groups in total. The zero-order chi connectivity index (χ0) is 20.5. The Labute approximate surface area is 166 Å². The number of carbonyl (C=O) groups excluding carboxylic acids is 1. The van der Waals surface area contributed by atoms with Crippen LogP contribution in [0.2, 0.25) is 0 Å². The number of sulfone groups is 1. The van der Waals surface area contributed by atoms with Gasteiger partial charge in [0.15, 0.2) is 0 Å². The van der Waals surface area contributed by atoms with Crippen LogP contribution < -0.4 is 10.6 Å². The number of amides is 1. The first-order valence-electron chi connectivity index (χ1n) is 9.79. The summed E-state index contributed by atoms with van der Waals surface area (Å²) in [6.07, 6.45) is 2.44. The summed E-state index contributed by atoms with van der Waals surface area (Å²) >= 11 is 0. The Kier molecular flexibility index (Phi) is 5.90. The highest BCUT2D eigenvalue weighted by atomic mass is 32.2. The van der Waals surface area contributed by atoms with Gasteiger partial charge < -0.3 is 10.6 Å². The lowest BCUT2D eigenvalue weighted by Crippen LogP contribution is -2.24. The van der Waals surface area contributed by atoms with Crippen LogP contribution in [-0.4, -0.2) is 36.7 Å². The van der Waals surface area contributed by atoms with Crippen LogP contribution in [-0.2, 0) is 34.0 Å². The second kappa shape index (κ2) is 8.05. The van der Waals surface area contributed by atoms with Gasteiger partial charge in [-0.05, 0) is 50.5 Å². The molecule has 1 aliphatic heterocycles. The fraction of sp³-hybridized carbons (Fsp3) is 0.500. The molecule has 2 heterocycles. The zero-order valence-corrected chi connectivity index (χ0v) is 17.5. The van der Waals surface area contributed by atoms with E-state index in [9.17, 15) is 13.2 Å². The van der Waals surface area contributed by atoms with Crippen molar-refractivity contribution in [1.82, 2.24) is 9.78 Å². The molecule has 7 nitrogen and oxygen atoms in total. The second-order valence-corrected chi connectivity index (χ2v) is 9.12. The van der Waals surface area contributed by atoms with Gasteiger partial charge in [-0.15, -0.1) is 0 Å². The molecule has 152 valence electrons. The molecule has 1 amide bonds. The first-order chi connectivity index (χ1) is 13.3. The van der Waals surface area contributed by atoms with Crippen molar-refractivity contribution >= 4 is 21.4 Å². The molecule has 1 saturated heterocycles. The molecule has 0 radical (unpaired) electrons. The number of benzene rings is 1. The highest BCUT2D eigenvalue weighted by Gasteiger charge is 2.29. The summed E-state index contributed by atoms with van der Waals surface area (Å²) in [5.74, 6) is 0.0781. The first-order valence-corrected chi connectivity index (χ1v) is 11.3. The Morgan fingerprint density at radius 3 is 2.36 bits per heavy atom. The number of rotatable bonds is 7. The topological polar surface area (TPSA) is 98.3 Å². The lowest BCUT2D eigenvalue weighted by atomic mass is 10.2. The van der Waals surface area contributed by atoms with E-state index in [1.165, 1.54) is 0 Å². The van der Waals surface area contributed by atoms with Crippen molar-refractivity contribution in [3.63, 3.8) is 0 Å². The van der Waals surface area contributed by atoms with E-state index >= 15 is 0 Å². The molecule has 1 aliphatic rings. The molecule has 28 heavy (non-hydrogen) atoms. The van der Waals surface area contributed by atoms with Crippen molar-refractivity contribution in [2.24, 2.45) is 5.73 Å². The SMILES string of the molecule is CCc1nn(C[C@H](C)N)c(CC)c1S(=O)(=O)c1ccc(N2CCCC2=O)cc1. The maximum atomic E-state index is 13.4. The van der Waals surface area contributed by atoms with E-state index in [0.29, 0.717) is 48.6 Å². The molecular weight excluding hydrogens is 376 g/mol. The van der Waals surface area contributed by atoms with Crippen LogP contribution in [0.4, 0.5) is 5.69 Å². The number of carbonyl (C=O) groups is 1. The number of hydrogen-bond acceptors (Lipinski definition) is 5. The summed E-state index contributed by atoms with van der Waals surface area (Å²) < 4.78 is 28.6. The number of hydrogen-bond donors (Lipinski definition) is 1. The third-order valence-electron chi connectivity index (χ3n) is 5.01. The predicted octanol–water partition coefficient (Wildman–Crippen LogP) is 2.31. The van der Waals surface area contributed by atoms with Gasteiger partial charge in [0, 0.05) is 24.7 Å². The van der Waals surface area contributed by atoms with Crippen LogP contribution in [0.1, 0.15) is 45.0 Å². The van der Waals surface area contributed by atoms with E-state index in [-0.39, 0.29) is 16.8 Å². The van der Waals surface area contributed by atoms with Gasteiger partial charge in [-0.3, -0.25) is 9.48 Å². The van der Waals surface area contributed by atoms with Crippen LogP contribution in [0.5, 0.6) is 0 Å². The zero-order valence-electron chi connectivity index (χ0n) is 16.7. The van der Waals surface area contributed by atoms with E-state index in [1.807, 2.05) is 20.8 Å². The van der Waals surface area contributed by atoms with Crippen molar-refractivity contribution in [3.8, 4) is 0 Å². The van der Waals surface area contributed by atoms with Gasteiger partial charge in [-0.2, -0.15) is 5.10 Å². The normalized spacial score (nSPS) is 16.0. The number of anilines is 1. The standard InChI is InChI=1S/C20H28N4O3S/c1-4-17-20(18(5-2)24(22-17)13-14(3)21)28(26,27)16-10-8-15(9-11-16)23-12-6-7-19(23)25/h8-11,14H,4-7,12-13,21H2,1-3H3/t14-/m0/s1. The van der Waals surface area contributed by atoms with Crippen molar-refractivity contribution in [2.75, 3.05) is 11.4 Å². The third-order valence-corrected chi connectivity index (χ3v) is 6.91. The number of nitrogens with two attached hydrogens (primary N) is 1. The van der Waals surface area contributed by atoms with E-state index < -0.39 is 9.84 Å². The minimum atomic E-state index is -3.72. The third kappa shape index (κ3) is 3.71. The van der Waals surface area contributed by atoms with E-state index in [1.54, 1.807) is 33.8 Å². The van der Waals surface area contributed by atoms with E-state index in [4.69, 9.17) is 5.73 Å². The highest BCUT2D eigenvalue weighted by molar-refractivity contribution is 7.91. The average molecular weight is 405 g/mol. The molecule has 0 aliphatic carbocycles. The van der Waals surface area contributed by atoms with Gasteiger partial charge in [-0.1, -0.05) is 13.8 Å². The summed E-state index contributed by atoms with van der Waals surface area (Å²) in [4.78, 5) is 14.1. The second-order valence-electron chi connectivity index (χ2n) is 7.24. The Bertz CT molecular complexity index is 962. The van der Waals surface area contributed by atoms with Crippen molar-refractivity contribution < 1.29 is 13.2 Å². The monoisotopic (exact) mass is 404 g/mol. The number of aryl methyl sites for hydroxylation is 1. The summed E-state index contributed by atoms with van der Waals surface area (Å²) in [6, 6.07) is 6.46. The molecule has 8 heteroatoms. The van der Waals surface area contributed by atoms with Crippen molar-refractivity contribution in [3.05, 3.63) is 35.7 Å². The van der Waals surface area contributed by atoms with Gasteiger partial charge in [0.1, 0.15) is 4.90 Å². The maximum Gasteiger partial charge on any atom is 0.227 e. The summed E-state index contributed by atoms with van der Waals surface area (Å²) in [5, 5.41) is 4.53. The fourth-order valence-electron chi connectivity index (χ4n) is 3.69. The highest BCUT2D eigenvalue weighted by Crippen LogP contribution is 2.30. The minimum absolute atomic E-state index is 0.0781. The molecular formula is C20H28N4O3S. The Hall–Kier alpha value is -2.19. The van der Waals surface area contributed by atoms with Gasteiger partial charge in [0.2, 0.25) is 15.7 Å². The smallest absolute Gasteiger partial charge is 0.227 e. The maximum absolute atomic E-state index is 13.4. The lowest BCUT2D eigenvalue weighted by molar-refractivity contribution is -0.117. The lowest BCUT2D eigenvalue weighted by Gasteiger charge is -2.16. The number of aromatic nitrogens is 2. The van der Waals surface area contributed by atoms with Crippen LogP contribution in [0.15, 0.2) is 34.1 Å². The van der Waals surface area contributed by atoms with Crippen LogP contribution in [0, 0.1) is 0 Å². The Morgan fingerprint density at radius 1 is 1.18 bits per heavy atom. The quantitative estimate of drug-likeness (QED) is 0.764. The van der Waals surface area contributed by atoms with Crippen LogP contribution in [0.25, 0.3) is 0 Å². The summed E-state index contributed by atoms with van der Waals surface area (Å²) in [7, 11) is -3.72. The van der Waals surface area contributed by atoms with Gasteiger partial charge in [-0.25, -0.2) is 8.42 Å². The molecule has 2 aromatic rings. The molecule has 1 fully saturated rings. The Balaban J connectivity index is 2.03. The Morgan fingerprint density at radius 2 is 1.86 bits per heavy atom. The van der Waals surface area contributed by atoms with Crippen molar-refractivity contribution in [2.45, 2.75) is 68.8 Å². The predicted molar refractivity (Wildman–Crippen MR) is 108 cm³/mol. The van der Waals surface area contributed by atoms with Gasteiger partial charge in [0.05, 0.1) is 22.8 Å². The largest absolute Gasteiger partial charge is 0.326 e. The van der Waals surface area contributed by atoms with Crippen LogP contribution >= 0.6 is 0 Å². The molecule has 0 saturated carbocycles. The average Bonchev–Trinajstić information content (AvgIpc) is 3.24. The summed E-state index contributed by atoms with van der Waals surface area (Å²) in [5.41, 5.74) is 7.90. The van der Waals surface area contributed by atoms with E-state index in [0.717, 1.165) is 12.1 Å². The van der Waals surface area contributed by atoms with Gasteiger partial charge >= 0.3 is 0 Å². The molecule has 1 aromatic carbocycles. The minimum Gasteiger partial charge on any atom is -0.326 e. The van der Waals surface area contributed by atoms with Crippen molar-refractivity contribution in [1.29, 1.82) is 0 Å². The summed E-state index contributed by atoms with van der Waals surface area (Å²) in [6.45, 7) is 6.85. The molecule has 0 unspecified atom stereocenters. The molecule has 1 atom stereocenters.